The second kappa shape index (κ2) is 5.46. The van der Waals surface area contributed by atoms with Crippen molar-refractivity contribution in [3.63, 3.8) is 0 Å². The fraction of sp³-hybridized carbons (Fsp3) is 0.889. The maximum atomic E-state index is 5.97. The molecule has 3 nitrogen and oxygen atoms in total. The van der Waals surface area contributed by atoms with Crippen LogP contribution < -0.4 is 0 Å². The minimum absolute atomic E-state index is 0.276. The summed E-state index contributed by atoms with van der Waals surface area (Å²) in [6.45, 7) is 5.82. The number of nitrogens with zero attached hydrogens (tertiary/aromatic N) is 3. The van der Waals surface area contributed by atoms with Crippen LogP contribution in [-0.2, 0) is 0 Å². The van der Waals surface area contributed by atoms with Gasteiger partial charge in [-0.15, -0.1) is 0 Å². The van der Waals surface area contributed by atoms with Gasteiger partial charge in [-0.25, -0.2) is 0 Å². The average Bonchev–Trinajstić information content (AvgIpc) is 2.48. The minimum atomic E-state index is -1.33. The predicted molar refractivity (Wildman–Crippen MR) is 66.6 cm³/mol. The third-order valence-electron chi connectivity index (χ3n) is 2.17. The second-order valence-electron chi connectivity index (χ2n) is 3.55. The zero-order chi connectivity index (χ0) is 11.5. The van der Waals surface area contributed by atoms with Crippen LogP contribution in [-0.4, -0.2) is 39.3 Å². The fourth-order valence-electron chi connectivity index (χ4n) is 1.63. The van der Waals surface area contributed by atoms with Crippen molar-refractivity contribution in [1.29, 1.82) is 0 Å². The molecule has 88 valence electrons. The lowest BCUT2D eigenvalue weighted by molar-refractivity contribution is 0.134. The van der Waals surface area contributed by atoms with Crippen LogP contribution in [0.2, 0.25) is 0 Å². The van der Waals surface area contributed by atoms with Crippen LogP contribution in [0.3, 0.4) is 0 Å². The second-order valence-corrected chi connectivity index (χ2v) is 5.92. The van der Waals surface area contributed by atoms with Gasteiger partial charge >= 0.3 is 0 Å². The van der Waals surface area contributed by atoms with Gasteiger partial charge in [-0.3, -0.25) is 5.01 Å². The summed E-state index contributed by atoms with van der Waals surface area (Å²) in [5.74, 6) is 0. The van der Waals surface area contributed by atoms with Crippen molar-refractivity contribution < 1.29 is 0 Å². The van der Waals surface area contributed by atoms with E-state index >= 15 is 0 Å². The number of hydrazone groups is 1. The summed E-state index contributed by atoms with van der Waals surface area (Å²) in [7, 11) is 0. The van der Waals surface area contributed by atoms with E-state index in [9.17, 15) is 0 Å². The summed E-state index contributed by atoms with van der Waals surface area (Å²) >= 11 is 17.9. The van der Waals surface area contributed by atoms with Crippen molar-refractivity contribution in [3.05, 3.63) is 0 Å². The van der Waals surface area contributed by atoms with Gasteiger partial charge in [0.15, 0.2) is 6.17 Å². The zero-order valence-electron chi connectivity index (χ0n) is 8.96. The topological polar surface area (TPSA) is 18.8 Å². The van der Waals surface area contributed by atoms with Crippen molar-refractivity contribution in [1.82, 2.24) is 9.91 Å². The minimum Gasteiger partial charge on any atom is -0.336 e. The van der Waals surface area contributed by atoms with E-state index in [0.29, 0.717) is 0 Å². The van der Waals surface area contributed by atoms with Crippen LogP contribution in [0.1, 0.15) is 26.7 Å². The molecule has 1 unspecified atom stereocenters. The highest BCUT2D eigenvalue weighted by Gasteiger charge is 2.42. The summed E-state index contributed by atoms with van der Waals surface area (Å²) in [4.78, 5) is 1.97. The summed E-state index contributed by atoms with van der Waals surface area (Å²) in [6.07, 6.45) is 3.46. The van der Waals surface area contributed by atoms with E-state index in [-0.39, 0.29) is 6.17 Å². The van der Waals surface area contributed by atoms with E-state index in [1.54, 1.807) is 6.34 Å². The van der Waals surface area contributed by atoms with E-state index in [2.05, 4.69) is 18.9 Å². The third-order valence-corrected chi connectivity index (χ3v) is 2.76. The third kappa shape index (κ3) is 3.30. The van der Waals surface area contributed by atoms with Gasteiger partial charge in [0.1, 0.15) is 6.34 Å². The van der Waals surface area contributed by atoms with Crippen LogP contribution in [0.15, 0.2) is 5.10 Å². The maximum Gasteiger partial charge on any atom is 0.230 e. The number of hydrogen-bond acceptors (Lipinski definition) is 3. The highest BCUT2D eigenvalue weighted by Crippen LogP contribution is 2.37. The maximum absolute atomic E-state index is 5.97. The molecule has 15 heavy (non-hydrogen) atoms. The summed E-state index contributed by atoms with van der Waals surface area (Å²) in [5.41, 5.74) is 0. The molecule has 1 aliphatic heterocycles. The van der Waals surface area contributed by atoms with Gasteiger partial charge in [0.05, 0.1) is 0 Å². The number of halogens is 3. The predicted octanol–water partition coefficient (Wildman–Crippen LogP) is 3.06. The van der Waals surface area contributed by atoms with Crippen LogP contribution in [0.4, 0.5) is 0 Å². The normalized spacial score (nSPS) is 21.5. The number of hydrogen-bond donors (Lipinski definition) is 0. The average molecular weight is 273 g/mol. The van der Waals surface area contributed by atoms with Crippen LogP contribution in [0, 0.1) is 0 Å². The summed E-state index contributed by atoms with van der Waals surface area (Å²) in [5, 5.41) is 6.09. The molecule has 0 radical (unpaired) electrons. The van der Waals surface area contributed by atoms with Crippen molar-refractivity contribution in [2.24, 2.45) is 5.10 Å². The first-order valence-electron chi connectivity index (χ1n) is 5.14. The first-order valence-corrected chi connectivity index (χ1v) is 6.27. The molecule has 1 rings (SSSR count). The molecule has 6 heteroatoms. The Morgan fingerprint density at radius 2 is 1.80 bits per heavy atom. The summed E-state index contributed by atoms with van der Waals surface area (Å²) < 4.78 is -1.33. The Bertz CT molecular complexity index is 211. The molecule has 1 heterocycles. The molecule has 0 saturated heterocycles. The Morgan fingerprint density at radius 3 is 2.27 bits per heavy atom. The van der Waals surface area contributed by atoms with Gasteiger partial charge in [0, 0.05) is 13.1 Å². The lowest BCUT2D eigenvalue weighted by Gasteiger charge is -2.34. The first kappa shape index (κ1) is 13.2. The van der Waals surface area contributed by atoms with Gasteiger partial charge in [-0.05, 0) is 12.8 Å². The Morgan fingerprint density at radius 1 is 1.20 bits per heavy atom. The molecule has 1 atom stereocenters. The van der Waals surface area contributed by atoms with Crippen LogP contribution in [0.5, 0.6) is 0 Å². The molecule has 0 amide bonds. The molecule has 0 aromatic carbocycles. The summed E-state index contributed by atoms with van der Waals surface area (Å²) in [6, 6.07) is 0. The van der Waals surface area contributed by atoms with E-state index in [1.165, 1.54) is 0 Å². The number of alkyl halides is 3. The smallest absolute Gasteiger partial charge is 0.230 e. The lowest BCUT2D eigenvalue weighted by Crippen LogP contribution is -2.49. The fourth-order valence-corrected chi connectivity index (χ4v) is 2.35. The zero-order valence-corrected chi connectivity index (χ0v) is 11.2. The molecule has 0 spiro atoms. The SMILES string of the molecule is CCCN1C=NN(CCC)C1C(Cl)(Cl)Cl. The Hall–Kier alpha value is 0.140. The van der Waals surface area contributed by atoms with Gasteiger partial charge in [0.2, 0.25) is 3.79 Å². The molecule has 0 bridgehead atoms. The molecule has 0 fully saturated rings. The van der Waals surface area contributed by atoms with Crippen molar-refractivity contribution >= 4 is 41.1 Å². The quantitative estimate of drug-likeness (QED) is 0.733. The Kier molecular flexibility index (Phi) is 4.81. The highest BCUT2D eigenvalue weighted by atomic mass is 35.6. The van der Waals surface area contributed by atoms with E-state index in [4.69, 9.17) is 34.8 Å². The molecule has 1 aliphatic rings. The van der Waals surface area contributed by atoms with Gasteiger partial charge in [0.25, 0.3) is 0 Å². The standard InChI is InChI=1S/C9H16Cl3N3/c1-3-5-14-7-13-15(6-4-2)8(14)9(10,11)12/h7-8H,3-6H2,1-2H3. The largest absolute Gasteiger partial charge is 0.336 e. The van der Waals surface area contributed by atoms with Gasteiger partial charge in [-0.1, -0.05) is 48.7 Å². The van der Waals surface area contributed by atoms with Gasteiger partial charge < -0.3 is 4.90 Å². The molecule has 0 aromatic rings. The molecule has 0 aromatic heterocycles. The molecule has 0 N–H and O–H groups in total. The van der Waals surface area contributed by atoms with Crippen LogP contribution >= 0.6 is 34.8 Å². The van der Waals surface area contributed by atoms with E-state index in [1.807, 2.05) is 9.91 Å². The lowest BCUT2D eigenvalue weighted by atomic mass is 10.3. The molecular formula is C9H16Cl3N3. The van der Waals surface area contributed by atoms with Crippen molar-refractivity contribution in [2.75, 3.05) is 13.1 Å². The molecule has 0 saturated carbocycles. The Labute approximate surface area is 106 Å². The highest BCUT2D eigenvalue weighted by molar-refractivity contribution is 6.68. The molecule has 0 aliphatic carbocycles. The van der Waals surface area contributed by atoms with E-state index < -0.39 is 3.79 Å². The first-order chi connectivity index (χ1) is 7.00. The molecular weight excluding hydrogens is 256 g/mol. The Balaban J connectivity index is 2.73. The van der Waals surface area contributed by atoms with Gasteiger partial charge in [-0.2, -0.15) is 5.10 Å². The van der Waals surface area contributed by atoms with Crippen molar-refractivity contribution in [2.45, 2.75) is 36.6 Å². The number of rotatable bonds is 4. The monoisotopic (exact) mass is 271 g/mol. The van der Waals surface area contributed by atoms with Crippen LogP contribution in [0.25, 0.3) is 0 Å². The van der Waals surface area contributed by atoms with Crippen molar-refractivity contribution in [3.8, 4) is 0 Å². The van der Waals surface area contributed by atoms with E-state index in [0.717, 1.165) is 25.9 Å².